The SMILES string of the molecule is Cl.NC(=O)c1cccc(-c2ccc([C@@H]3C[C@H]3N)cn2)c1. The second-order valence-electron chi connectivity index (χ2n) is 4.93. The molecule has 0 radical (unpaired) electrons. The molecule has 1 aromatic carbocycles. The van der Waals surface area contributed by atoms with Gasteiger partial charge in [-0.15, -0.1) is 12.4 Å². The molecule has 1 amide bonds. The molecule has 1 aromatic heterocycles. The van der Waals surface area contributed by atoms with Crippen LogP contribution < -0.4 is 11.5 Å². The number of nitrogens with zero attached hydrogens (tertiary/aromatic N) is 1. The number of rotatable bonds is 3. The zero-order valence-corrected chi connectivity index (χ0v) is 11.6. The fraction of sp³-hybridized carbons (Fsp3) is 0.200. The van der Waals surface area contributed by atoms with Crippen LogP contribution in [0.3, 0.4) is 0 Å². The number of hydrogen-bond donors (Lipinski definition) is 2. The number of pyridine rings is 1. The van der Waals surface area contributed by atoms with Crippen LogP contribution >= 0.6 is 12.4 Å². The van der Waals surface area contributed by atoms with E-state index < -0.39 is 5.91 Å². The van der Waals surface area contributed by atoms with Gasteiger partial charge >= 0.3 is 0 Å². The van der Waals surface area contributed by atoms with Crippen molar-refractivity contribution < 1.29 is 4.79 Å². The number of carbonyl (C=O) groups excluding carboxylic acids is 1. The lowest BCUT2D eigenvalue weighted by Crippen LogP contribution is -2.10. The number of primary amides is 1. The molecule has 0 saturated heterocycles. The standard InChI is InChI=1S/C15H15N3O.ClH/c16-13-7-12(13)11-4-5-14(18-8-11)9-2-1-3-10(6-9)15(17)19;/h1-6,8,12-13H,7,16H2,(H2,17,19);1H/t12-,13+;/m0./s1. The molecule has 20 heavy (non-hydrogen) atoms. The van der Waals surface area contributed by atoms with Gasteiger partial charge in [0.1, 0.15) is 0 Å². The summed E-state index contributed by atoms with van der Waals surface area (Å²) in [6.45, 7) is 0. The topological polar surface area (TPSA) is 82.0 Å². The average Bonchev–Trinajstić information content (AvgIpc) is 3.16. The highest BCUT2D eigenvalue weighted by Gasteiger charge is 2.34. The molecule has 1 heterocycles. The predicted octanol–water partition coefficient (Wildman–Crippen LogP) is 2.08. The van der Waals surface area contributed by atoms with Crippen LogP contribution in [0.25, 0.3) is 11.3 Å². The van der Waals surface area contributed by atoms with Gasteiger partial charge in [-0.1, -0.05) is 18.2 Å². The molecule has 0 aliphatic heterocycles. The number of aromatic nitrogens is 1. The van der Waals surface area contributed by atoms with E-state index in [4.69, 9.17) is 11.5 Å². The van der Waals surface area contributed by atoms with E-state index in [-0.39, 0.29) is 18.4 Å². The van der Waals surface area contributed by atoms with Crippen molar-refractivity contribution in [3.63, 3.8) is 0 Å². The van der Waals surface area contributed by atoms with Crippen LogP contribution in [0, 0.1) is 0 Å². The van der Waals surface area contributed by atoms with Crippen molar-refractivity contribution in [3.8, 4) is 11.3 Å². The van der Waals surface area contributed by atoms with Crippen molar-refractivity contribution in [1.29, 1.82) is 0 Å². The van der Waals surface area contributed by atoms with E-state index >= 15 is 0 Å². The van der Waals surface area contributed by atoms with Gasteiger partial charge in [-0.3, -0.25) is 9.78 Å². The summed E-state index contributed by atoms with van der Waals surface area (Å²) in [5, 5.41) is 0. The normalized spacial score (nSPS) is 20.1. The highest BCUT2D eigenvalue weighted by molar-refractivity contribution is 5.93. The average molecular weight is 290 g/mol. The second-order valence-corrected chi connectivity index (χ2v) is 4.93. The van der Waals surface area contributed by atoms with E-state index in [0.29, 0.717) is 11.5 Å². The Labute approximate surface area is 123 Å². The Morgan fingerprint density at radius 1 is 1.25 bits per heavy atom. The smallest absolute Gasteiger partial charge is 0.248 e. The molecule has 3 rings (SSSR count). The van der Waals surface area contributed by atoms with Crippen molar-refractivity contribution >= 4 is 18.3 Å². The summed E-state index contributed by atoms with van der Waals surface area (Å²) in [6, 6.07) is 11.5. The molecule has 0 spiro atoms. The molecular weight excluding hydrogens is 274 g/mol. The minimum absolute atomic E-state index is 0. The first-order valence-electron chi connectivity index (χ1n) is 6.27. The van der Waals surface area contributed by atoms with Crippen molar-refractivity contribution in [2.24, 2.45) is 11.5 Å². The number of benzene rings is 1. The quantitative estimate of drug-likeness (QED) is 0.907. The summed E-state index contributed by atoms with van der Waals surface area (Å²) >= 11 is 0. The van der Waals surface area contributed by atoms with Crippen molar-refractivity contribution in [2.45, 2.75) is 18.4 Å². The van der Waals surface area contributed by atoms with Gasteiger partial charge in [0.25, 0.3) is 0 Å². The van der Waals surface area contributed by atoms with Crippen molar-refractivity contribution in [3.05, 3.63) is 53.7 Å². The molecule has 1 fully saturated rings. The first kappa shape index (κ1) is 14.5. The molecule has 104 valence electrons. The van der Waals surface area contributed by atoms with E-state index in [2.05, 4.69) is 11.1 Å². The predicted molar refractivity (Wildman–Crippen MR) is 80.8 cm³/mol. The molecule has 2 aromatic rings. The molecule has 2 atom stereocenters. The third kappa shape index (κ3) is 2.81. The van der Waals surface area contributed by atoms with Gasteiger partial charge < -0.3 is 11.5 Å². The second kappa shape index (κ2) is 5.61. The Morgan fingerprint density at radius 3 is 2.55 bits per heavy atom. The first-order valence-corrected chi connectivity index (χ1v) is 6.27. The highest BCUT2D eigenvalue weighted by Crippen LogP contribution is 2.38. The maximum absolute atomic E-state index is 11.2. The molecule has 4 N–H and O–H groups in total. The Morgan fingerprint density at radius 2 is 2.00 bits per heavy atom. The minimum Gasteiger partial charge on any atom is -0.366 e. The summed E-state index contributed by atoms with van der Waals surface area (Å²) in [7, 11) is 0. The summed E-state index contributed by atoms with van der Waals surface area (Å²) in [5.74, 6) is 0.0286. The highest BCUT2D eigenvalue weighted by atomic mass is 35.5. The van der Waals surface area contributed by atoms with Crippen LogP contribution in [0.4, 0.5) is 0 Å². The first-order chi connectivity index (χ1) is 9.15. The number of nitrogens with two attached hydrogens (primary N) is 2. The third-order valence-electron chi connectivity index (χ3n) is 3.50. The zero-order chi connectivity index (χ0) is 13.4. The molecule has 4 nitrogen and oxygen atoms in total. The van der Waals surface area contributed by atoms with Crippen molar-refractivity contribution in [2.75, 3.05) is 0 Å². The van der Waals surface area contributed by atoms with Crippen molar-refractivity contribution in [1.82, 2.24) is 4.98 Å². The minimum atomic E-state index is -0.428. The van der Waals surface area contributed by atoms with Gasteiger partial charge in [0, 0.05) is 29.3 Å². The van der Waals surface area contributed by atoms with E-state index in [1.165, 1.54) is 5.56 Å². The van der Waals surface area contributed by atoms with Crippen LogP contribution in [0.15, 0.2) is 42.6 Å². The fourth-order valence-electron chi connectivity index (χ4n) is 2.23. The van der Waals surface area contributed by atoms with Crippen LogP contribution in [0.5, 0.6) is 0 Å². The molecular formula is C15H16ClN3O. The Kier molecular flexibility index (Phi) is 4.06. The van der Waals surface area contributed by atoms with E-state index in [9.17, 15) is 4.79 Å². The Bertz CT molecular complexity index is 627. The van der Waals surface area contributed by atoms with E-state index in [0.717, 1.165) is 17.7 Å². The lowest BCUT2D eigenvalue weighted by molar-refractivity contribution is 0.100. The summed E-state index contributed by atoms with van der Waals surface area (Å²) in [5.41, 5.74) is 14.5. The van der Waals surface area contributed by atoms with E-state index in [1.807, 2.05) is 24.4 Å². The van der Waals surface area contributed by atoms with Crippen LogP contribution in [0.2, 0.25) is 0 Å². The van der Waals surface area contributed by atoms with Gasteiger partial charge in [0.15, 0.2) is 0 Å². The molecule has 5 heteroatoms. The lowest BCUT2D eigenvalue weighted by Gasteiger charge is -2.04. The van der Waals surface area contributed by atoms with E-state index in [1.54, 1.807) is 12.1 Å². The molecule has 1 saturated carbocycles. The van der Waals surface area contributed by atoms with Crippen LogP contribution in [-0.4, -0.2) is 16.9 Å². The summed E-state index contributed by atoms with van der Waals surface area (Å²) in [6.07, 6.45) is 2.90. The third-order valence-corrected chi connectivity index (χ3v) is 3.50. The molecule has 0 bridgehead atoms. The number of carbonyl (C=O) groups is 1. The maximum Gasteiger partial charge on any atom is 0.248 e. The van der Waals surface area contributed by atoms with Crippen LogP contribution in [-0.2, 0) is 0 Å². The Hall–Kier alpha value is -1.91. The molecule has 1 aliphatic carbocycles. The van der Waals surface area contributed by atoms with Gasteiger partial charge in [-0.05, 0) is 30.2 Å². The number of hydrogen-bond acceptors (Lipinski definition) is 3. The largest absolute Gasteiger partial charge is 0.366 e. The zero-order valence-electron chi connectivity index (χ0n) is 10.8. The Balaban J connectivity index is 0.00000147. The van der Waals surface area contributed by atoms with Gasteiger partial charge in [-0.2, -0.15) is 0 Å². The molecule has 1 aliphatic rings. The summed E-state index contributed by atoms with van der Waals surface area (Å²) < 4.78 is 0. The fourth-order valence-corrected chi connectivity index (χ4v) is 2.23. The van der Waals surface area contributed by atoms with Gasteiger partial charge in [-0.25, -0.2) is 0 Å². The lowest BCUT2D eigenvalue weighted by atomic mass is 10.1. The van der Waals surface area contributed by atoms with Crippen LogP contribution in [0.1, 0.15) is 28.3 Å². The number of amides is 1. The van der Waals surface area contributed by atoms with Gasteiger partial charge in [0.05, 0.1) is 5.69 Å². The maximum atomic E-state index is 11.2. The monoisotopic (exact) mass is 289 g/mol. The molecule has 0 unspecified atom stereocenters. The van der Waals surface area contributed by atoms with Gasteiger partial charge in [0.2, 0.25) is 5.91 Å². The number of halogens is 1. The summed E-state index contributed by atoms with van der Waals surface area (Å²) in [4.78, 5) is 15.6.